The van der Waals surface area contributed by atoms with Gasteiger partial charge in [-0.15, -0.1) is 0 Å². The Morgan fingerprint density at radius 1 is 0.529 bits per heavy atom. The minimum absolute atomic E-state index is 0.104. The maximum absolute atomic E-state index is 12.9. The fraction of sp³-hybridized carbons (Fsp3) is 0.596. The van der Waals surface area contributed by atoms with Crippen LogP contribution >= 0.6 is 0 Å². The van der Waals surface area contributed by atoms with Gasteiger partial charge in [-0.2, -0.15) is 0 Å². The first-order chi connectivity index (χ1) is 25.2. The van der Waals surface area contributed by atoms with E-state index in [1.807, 2.05) is 18.2 Å². The highest BCUT2D eigenvalue weighted by atomic mass is 16.5. The Morgan fingerprint density at radius 2 is 0.902 bits per heavy atom. The summed E-state index contributed by atoms with van der Waals surface area (Å²) in [6.45, 7) is 5.81. The first-order valence-corrected chi connectivity index (χ1v) is 20.9. The number of rotatable bonds is 31. The average molecular weight is 698 g/mol. The van der Waals surface area contributed by atoms with Crippen molar-refractivity contribution in [3.63, 3.8) is 0 Å². The topological polar surface area (TPSA) is 47.6 Å². The van der Waals surface area contributed by atoms with Crippen molar-refractivity contribution in [3.05, 3.63) is 108 Å². The third kappa shape index (κ3) is 17.0. The van der Waals surface area contributed by atoms with Gasteiger partial charge in [-0.05, 0) is 29.5 Å². The summed E-state index contributed by atoms with van der Waals surface area (Å²) in [7, 11) is 0. The van der Waals surface area contributed by atoms with Gasteiger partial charge in [0.1, 0.15) is 5.60 Å². The second-order valence-electron chi connectivity index (χ2n) is 14.5. The van der Waals surface area contributed by atoms with Gasteiger partial charge in [-0.1, -0.05) is 220 Å². The number of benzene rings is 3. The van der Waals surface area contributed by atoms with Crippen molar-refractivity contribution in [1.29, 1.82) is 0 Å². The maximum atomic E-state index is 12.9. The number of ether oxygens (including phenoxy) is 2. The molecule has 0 aromatic heterocycles. The molecule has 1 unspecified atom stereocenters. The number of unbranched alkanes of at least 4 members (excludes halogenated alkanes) is 18. The molecular formula is C47H71NO3. The lowest BCUT2D eigenvalue weighted by Crippen LogP contribution is -2.41. The molecule has 0 saturated heterocycles. The molecule has 4 nitrogen and oxygen atoms in total. The van der Waals surface area contributed by atoms with Gasteiger partial charge in [0.25, 0.3) is 0 Å². The number of amides is 1. The van der Waals surface area contributed by atoms with E-state index in [0.717, 1.165) is 36.0 Å². The minimum Gasteiger partial charge on any atom is -0.374 e. The number of nitrogens with one attached hydrogen (secondary N) is 1. The molecule has 3 rings (SSSR count). The Bertz CT molecular complexity index is 1140. The van der Waals surface area contributed by atoms with Crippen LogP contribution in [0.15, 0.2) is 91.0 Å². The molecule has 0 spiro atoms. The van der Waals surface area contributed by atoms with E-state index in [9.17, 15) is 4.79 Å². The first kappa shape index (κ1) is 42.5. The quantitative estimate of drug-likeness (QED) is 0.0538. The number of hydrogen-bond donors (Lipinski definition) is 1. The Kier molecular flexibility index (Phi) is 23.0. The monoisotopic (exact) mass is 698 g/mol. The van der Waals surface area contributed by atoms with Gasteiger partial charge in [0.15, 0.2) is 0 Å². The van der Waals surface area contributed by atoms with Crippen molar-refractivity contribution in [2.75, 3.05) is 19.8 Å². The lowest BCUT2D eigenvalue weighted by Gasteiger charge is -2.37. The van der Waals surface area contributed by atoms with E-state index in [1.54, 1.807) is 0 Å². The molecule has 4 heteroatoms. The number of carbonyl (C=O) groups is 1. The largest absolute Gasteiger partial charge is 0.374 e. The van der Waals surface area contributed by atoms with Gasteiger partial charge in [0.2, 0.25) is 5.91 Å². The van der Waals surface area contributed by atoms with E-state index in [1.165, 1.54) is 109 Å². The number of hydrogen-bond acceptors (Lipinski definition) is 3. The molecule has 0 aliphatic rings. The maximum Gasteiger partial charge on any atom is 0.220 e. The second-order valence-corrected chi connectivity index (χ2v) is 14.5. The Hall–Kier alpha value is -2.95. The van der Waals surface area contributed by atoms with Crippen LogP contribution in [0.5, 0.6) is 0 Å². The van der Waals surface area contributed by atoms with E-state index in [4.69, 9.17) is 9.47 Å². The molecule has 51 heavy (non-hydrogen) atoms. The molecule has 1 N–H and O–H groups in total. The summed E-state index contributed by atoms with van der Waals surface area (Å²) < 4.78 is 13.3. The van der Waals surface area contributed by atoms with Gasteiger partial charge < -0.3 is 14.8 Å². The SMILES string of the molecule is CCCCCCCCCCCCCCCCCCCCCC(=O)NCC(COC(c1ccccc1)(c1ccccc1)c1ccccc1)OCCC. The van der Waals surface area contributed by atoms with Crippen LogP contribution in [0.1, 0.15) is 165 Å². The fourth-order valence-electron chi connectivity index (χ4n) is 7.12. The summed E-state index contributed by atoms with van der Waals surface area (Å²) in [6, 6.07) is 31.2. The molecule has 1 amide bonds. The van der Waals surface area contributed by atoms with E-state index >= 15 is 0 Å². The Balaban J connectivity index is 1.33. The zero-order valence-corrected chi connectivity index (χ0v) is 32.4. The zero-order valence-electron chi connectivity index (χ0n) is 32.4. The highest BCUT2D eigenvalue weighted by Gasteiger charge is 2.38. The molecule has 0 saturated carbocycles. The molecule has 0 aliphatic carbocycles. The van der Waals surface area contributed by atoms with Crippen molar-refractivity contribution < 1.29 is 14.3 Å². The zero-order chi connectivity index (χ0) is 36.1. The van der Waals surface area contributed by atoms with Gasteiger partial charge in [-0.3, -0.25) is 4.79 Å². The number of carbonyl (C=O) groups excluding carboxylic acids is 1. The van der Waals surface area contributed by atoms with Gasteiger partial charge in [-0.25, -0.2) is 0 Å². The first-order valence-electron chi connectivity index (χ1n) is 20.9. The standard InChI is InChI=1S/C47H71NO3/c1-3-5-6-7-8-9-10-11-12-13-14-15-16-17-18-19-20-21-31-38-46(49)48-40-45(50-39-4-2)41-51-47(42-32-25-22-26-33-42,43-34-27-23-28-35-43)44-36-29-24-30-37-44/h22-30,32-37,45H,3-21,31,38-41H2,1-2H3,(H,48,49). The summed E-state index contributed by atoms with van der Waals surface area (Å²) in [5.74, 6) is 0.104. The van der Waals surface area contributed by atoms with Crippen molar-refractivity contribution in [2.24, 2.45) is 0 Å². The van der Waals surface area contributed by atoms with E-state index in [2.05, 4.69) is 92.0 Å². The minimum atomic E-state index is -0.811. The van der Waals surface area contributed by atoms with Crippen molar-refractivity contribution in [2.45, 2.75) is 160 Å². The molecule has 1 atom stereocenters. The molecular weight excluding hydrogens is 627 g/mol. The lowest BCUT2D eigenvalue weighted by molar-refractivity contribution is -0.122. The lowest BCUT2D eigenvalue weighted by atomic mass is 9.80. The third-order valence-electron chi connectivity index (χ3n) is 10.1. The van der Waals surface area contributed by atoms with Crippen LogP contribution in [0.3, 0.4) is 0 Å². The van der Waals surface area contributed by atoms with Crippen LogP contribution in [-0.4, -0.2) is 31.8 Å². The summed E-state index contributed by atoms with van der Waals surface area (Å²) in [5.41, 5.74) is 2.37. The predicted molar refractivity (Wildman–Crippen MR) is 216 cm³/mol. The summed E-state index contributed by atoms with van der Waals surface area (Å²) >= 11 is 0. The van der Waals surface area contributed by atoms with Crippen LogP contribution in [-0.2, 0) is 19.9 Å². The van der Waals surface area contributed by atoms with Gasteiger partial charge >= 0.3 is 0 Å². The van der Waals surface area contributed by atoms with Crippen molar-refractivity contribution >= 4 is 5.91 Å². The molecule has 0 aliphatic heterocycles. The highest BCUT2D eigenvalue weighted by Crippen LogP contribution is 2.40. The Morgan fingerprint density at radius 3 is 1.27 bits per heavy atom. The van der Waals surface area contributed by atoms with Crippen LogP contribution in [0, 0.1) is 0 Å². The van der Waals surface area contributed by atoms with Gasteiger partial charge in [0.05, 0.1) is 12.7 Å². The van der Waals surface area contributed by atoms with Crippen LogP contribution in [0.4, 0.5) is 0 Å². The Labute approximate surface area is 312 Å². The highest BCUT2D eigenvalue weighted by molar-refractivity contribution is 5.75. The summed E-state index contributed by atoms with van der Waals surface area (Å²) in [6.07, 6.45) is 26.9. The third-order valence-corrected chi connectivity index (χ3v) is 10.1. The smallest absolute Gasteiger partial charge is 0.220 e. The van der Waals surface area contributed by atoms with Crippen LogP contribution < -0.4 is 5.32 Å². The van der Waals surface area contributed by atoms with Crippen molar-refractivity contribution in [3.8, 4) is 0 Å². The molecule has 3 aromatic carbocycles. The molecule has 0 bridgehead atoms. The van der Waals surface area contributed by atoms with Gasteiger partial charge in [0, 0.05) is 19.6 Å². The normalized spacial score (nSPS) is 12.2. The second kappa shape index (κ2) is 27.7. The van der Waals surface area contributed by atoms with E-state index in [0.29, 0.717) is 26.2 Å². The molecule has 282 valence electrons. The molecule has 3 aromatic rings. The van der Waals surface area contributed by atoms with Crippen molar-refractivity contribution in [1.82, 2.24) is 5.32 Å². The molecule has 0 radical (unpaired) electrons. The summed E-state index contributed by atoms with van der Waals surface area (Å²) in [5, 5.41) is 3.16. The average Bonchev–Trinajstić information content (AvgIpc) is 3.18. The molecule has 0 heterocycles. The molecule has 0 fully saturated rings. The predicted octanol–water partition coefficient (Wildman–Crippen LogP) is 12.7. The van der Waals surface area contributed by atoms with E-state index < -0.39 is 5.60 Å². The van der Waals surface area contributed by atoms with Crippen LogP contribution in [0.25, 0.3) is 0 Å². The fourth-order valence-corrected chi connectivity index (χ4v) is 7.12. The summed E-state index contributed by atoms with van der Waals surface area (Å²) in [4.78, 5) is 12.9. The van der Waals surface area contributed by atoms with Crippen LogP contribution in [0.2, 0.25) is 0 Å². The van der Waals surface area contributed by atoms with E-state index in [-0.39, 0.29) is 12.0 Å².